The summed E-state index contributed by atoms with van der Waals surface area (Å²) in [6.45, 7) is 0. The number of para-hydroxylation sites is 2. The molecule has 15 aromatic rings. The maximum Gasteiger partial charge on any atom is 0.159 e. The molecule has 13 aromatic carbocycles. The third-order valence-electron chi connectivity index (χ3n) is 15.5. The third kappa shape index (κ3) is 5.54. The van der Waals surface area contributed by atoms with E-state index in [9.17, 15) is 0 Å². The Bertz CT molecular complexity index is 4760. The second-order valence-electron chi connectivity index (χ2n) is 19.2. The summed E-state index contributed by atoms with van der Waals surface area (Å²) < 4.78 is 2.40. The molecule has 1 aliphatic carbocycles. The molecule has 3 nitrogen and oxygen atoms in total. The highest BCUT2D eigenvalue weighted by molar-refractivity contribution is 6.34. The lowest BCUT2D eigenvalue weighted by molar-refractivity contribution is 1.18. The summed E-state index contributed by atoms with van der Waals surface area (Å²) in [5.74, 6) is 0.740. The third-order valence-corrected chi connectivity index (χ3v) is 15.5. The molecule has 71 heavy (non-hydrogen) atoms. The van der Waals surface area contributed by atoms with Crippen molar-refractivity contribution in [3.63, 3.8) is 0 Å². The van der Waals surface area contributed by atoms with Crippen molar-refractivity contribution in [1.82, 2.24) is 14.5 Å². The molecule has 0 unspecified atom stereocenters. The number of hydrogen-bond acceptors (Lipinski definition) is 2. The van der Waals surface area contributed by atoms with Crippen LogP contribution in [0, 0.1) is 0 Å². The largest absolute Gasteiger partial charge is 0.309 e. The minimum absolute atomic E-state index is 0.740. The van der Waals surface area contributed by atoms with Gasteiger partial charge in [-0.2, -0.15) is 0 Å². The Labute approximate surface area is 408 Å². The van der Waals surface area contributed by atoms with Crippen molar-refractivity contribution in [1.29, 1.82) is 0 Å². The SMILES string of the molecule is c1cnc(-c2cc3c4ccccc4c4cc5cc(-c6ccc7cc8c9c(cccc9c7c6)-c6ccc(-c7cccc(-n9c%10ccccc%10c%10ccccc%109)c7)cc6-8)ccc5cc4c3c3ccccc23)nc1. The van der Waals surface area contributed by atoms with E-state index in [1.54, 1.807) is 0 Å². The summed E-state index contributed by atoms with van der Waals surface area (Å²) in [6.07, 6.45) is 3.65. The molecule has 3 heteroatoms. The van der Waals surface area contributed by atoms with Gasteiger partial charge in [0.1, 0.15) is 0 Å². The lowest BCUT2D eigenvalue weighted by atomic mass is 9.87. The van der Waals surface area contributed by atoms with Crippen LogP contribution in [0.1, 0.15) is 0 Å². The zero-order valence-corrected chi connectivity index (χ0v) is 38.4. The molecule has 0 spiro atoms. The van der Waals surface area contributed by atoms with Crippen molar-refractivity contribution in [3.05, 3.63) is 237 Å². The summed E-state index contributed by atoms with van der Waals surface area (Å²) in [4.78, 5) is 9.39. The van der Waals surface area contributed by atoms with Crippen molar-refractivity contribution in [3.8, 4) is 61.6 Å². The summed E-state index contributed by atoms with van der Waals surface area (Å²) in [5, 5.41) is 20.0. The first kappa shape index (κ1) is 38.5. The highest BCUT2D eigenvalue weighted by atomic mass is 15.0. The van der Waals surface area contributed by atoms with E-state index in [-0.39, 0.29) is 0 Å². The van der Waals surface area contributed by atoms with Crippen molar-refractivity contribution >= 4 is 97.2 Å². The summed E-state index contributed by atoms with van der Waals surface area (Å²) in [6, 6.07) is 83.5. The second-order valence-corrected chi connectivity index (χ2v) is 19.2. The summed E-state index contributed by atoms with van der Waals surface area (Å²) in [7, 11) is 0. The first-order valence-electron chi connectivity index (χ1n) is 24.4. The van der Waals surface area contributed by atoms with Crippen molar-refractivity contribution in [2.24, 2.45) is 0 Å². The quantitative estimate of drug-likeness (QED) is 0.130. The highest BCUT2D eigenvalue weighted by Crippen LogP contribution is 2.51. The van der Waals surface area contributed by atoms with Crippen LogP contribution in [-0.4, -0.2) is 14.5 Å². The Balaban J connectivity index is 0.813. The Hall–Kier alpha value is -9.44. The number of rotatable bonds is 4. The molecule has 0 bridgehead atoms. The average Bonchev–Trinajstić information content (AvgIpc) is 3.95. The molecule has 16 rings (SSSR count). The number of benzene rings is 13. The van der Waals surface area contributed by atoms with E-state index in [0.29, 0.717) is 0 Å². The van der Waals surface area contributed by atoms with Crippen LogP contribution in [0.25, 0.3) is 159 Å². The second kappa shape index (κ2) is 14.5. The van der Waals surface area contributed by atoms with Crippen LogP contribution in [-0.2, 0) is 0 Å². The monoisotopic (exact) mass is 897 g/mol. The molecule has 2 heterocycles. The first-order valence-corrected chi connectivity index (χ1v) is 24.4. The Morgan fingerprint density at radius 2 is 0.845 bits per heavy atom. The fourth-order valence-electron chi connectivity index (χ4n) is 12.4. The van der Waals surface area contributed by atoms with Crippen LogP contribution in [0.15, 0.2) is 237 Å². The van der Waals surface area contributed by atoms with E-state index >= 15 is 0 Å². The van der Waals surface area contributed by atoms with Crippen LogP contribution in [0.4, 0.5) is 0 Å². The van der Waals surface area contributed by atoms with E-state index in [1.165, 1.54) is 136 Å². The molecular formula is C68H39N3. The molecule has 0 fully saturated rings. The number of hydrogen-bond donors (Lipinski definition) is 0. The minimum Gasteiger partial charge on any atom is -0.309 e. The van der Waals surface area contributed by atoms with Gasteiger partial charge in [-0.3, -0.25) is 0 Å². The van der Waals surface area contributed by atoms with Crippen LogP contribution < -0.4 is 0 Å². The van der Waals surface area contributed by atoms with Gasteiger partial charge in [0.2, 0.25) is 0 Å². The molecule has 0 atom stereocenters. The zero-order chi connectivity index (χ0) is 46.3. The van der Waals surface area contributed by atoms with Gasteiger partial charge in [0.15, 0.2) is 5.82 Å². The fourth-order valence-corrected chi connectivity index (χ4v) is 12.4. The maximum absolute atomic E-state index is 4.69. The van der Waals surface area contributed by atoms with Gasteiger partial charge in [0, 0.05) is 34.4 Å². The van der Waals surface area contributed by atoms with Gasteiger partial charge in [-0.05, 0) is 193 Å². The van der Waals surface area contributed by atoms with Crippen molar-refractivity contribution in [2.45, 2.75) is 0 Å². The van der Waals surface area contributed by atoms with E-state index in [0.717, 1.165) is 22.5 Å². The van der Waals surface area contributed by atoms with Crippen LogP contribution in [0.2, 0.25) is 0 Å². The maximum atomic E-state index is 4.69. The van der Waals surface area contributed by atoms with Gasteiger partial charge in [-0.1, -0.05) is 152 Å². The molecule has 0 radical (unpaired) electrons. The standard InChI is InChI=1S/C68H39N3/c1-2-15-49-48(14-1)59-38-46-32-41(24-25-44(46)36-60(59)67-54-19-4-3-16-50(54)63(39-62(49)67)68-69-30-11-31-70-68)42-26-27-45-37-61-58-35-43(28-29-51(58)55-20-10-21-56(66(55)61)57(45)34-42)40-12-9-13-47(33-40)71-64-22-7-5-17-52(64)53-18-6-8-23-65(53)71/h1-39H. The van der Waals surface area contributed by atoms with E-state index in [4.69, 9.17) is 9.97 Å². The zero-order valence-electron chi connectivity index (χ0n) is 38.4. The molecule has 0 saturated carbocycles. The van der Waals surface area contributed by atoms with Crippen LogP contribution in [0.5, 0.6) is 0 Å². The summed E-state index contributed by atoms with van der Waals surface area (Å²) in [5.41, 5.74) is 14.7. The average molecular weight is 898 g/mol. The topological polar surface area (TPSA) is 30.7 Å². The van der Waals surface area contributed by atoms with Crippen molar-refractivity contribution in [2.75, 3.05) is 0 Å². The van der Waals surface area contributed by atoms with Gasteiger partial charge >= 0.3 is 0 Å². The van der Waals surface area contributed by atoms with Gasteiger partial charge in [-0.15, -0.1) is 0 Å². The highest BCUT2D eigenvalue weighted by Gasteiger charge is 2.24. The molecule has 1 aliphatic rings. The molecule has 0 aliphatic heterocycles. The molecule has 326 valence electrons. The predicted octanol–water partition coefficient (Wildman–Crippen LogP) is 18.3. The summed E-state index contributed by atoms with van der Waals surface area (Å²) >= 11 is 0. The molecule has 0 saturated heterocycles. The van der Waals surface area contributed by atoms with Gasteiger partial charge in [0.25, 0.3) is 0 Å². The molecule has 0 amide bonds. The lowest BCUT2D eigenvalue weighted by Crippen LogP contribution is -1.94. The fraction of sp³-hybridized carbons (Fsp3) is 0. The predicted molar refractivity (Wildman–Crippen MR) is 300 cm³/mol. The van der Waals surface area contributed by atoms with E-state index in [1.807, 2.05) is 18.5 Å². The van der Waals surface area contributed by atoms with Gasteiger partial charge in [0.05, 0.1) is 11.0 Å². The van der Waals surface area contributed by atoms with E-state index in [2.05, 4.69) is 223 Å². The Morgan fingerprint density at radius 3 is 1.65 bits per heavy atom. The van der Waals surface area contributed by atoms with Gasteiger partial charge in [-0.25, -0.2) is 9.97 Å². The Kier molecular flexibility index (Phi) is 7.89. The molecule has 0 N–H and O–H groups in total. The molecular weight excluding hydrogens is 859 g/mol. The number of fused-ring (bicyclic) bond motifs is 17. The van der Waals surface area contributed by atoms with Gasteiger partial charge < -0.3 is 4.57 Å². The number of aromatic nitrogens is 3. The Morgan fingerprint density at radius 1 is 0.254 bits per heavy atom. The smallest absolute Gasteiger partial charge is 0.159 e. The van der Waals surface area contributed by atoms with E-state index < -0.39 is 0 Å². The van der Waals surface area contributed by atoms with Crippen molar-refractivity contribution < 1.29 is 0 Å². The normalized spacial score (nSPS) is 12.2. The van der Waals surface area contributed by atoms with Crippen LogP contribution >= 0.6 is 0 Å². The van der Waals surface area contributed by atoms with Crippen LogP contribution in [0.3, 0.4) is 0 Å². The number of nitrogens with zero attached hydrogens (tertiary/aromatic N) is 3. The minimum atomic E-state index is 0.740. The molecule has 2 aromatic heterocycles. The lowest BCUT2D eigenvalue weighted by Gasteiger charge is -2.16. The first-order chi connectivity index (χ1) is 35.2.